The number of nitrogens with zero attached hydrogens (tertiary/aromatic N) is 4. The second-order valence-electron chi connectivity index (χ2n) is 8.90. The maximum Gasteiger partial charge on any atom is 0.248 e. The molecule has 4 rings (SSSR count). The van der Waals surface area contributed by atoms with Crippen molar-refractivity contribution in [2.75, 3.05) is 37.0 Å². The van der Waals surface area contributed by atoms with Gasteiger partial charge in [0.1, 0.15) is 40.9 Å². The van der Waals surface area contributed by atoms with Gasteiger partial charge in [-0.25, -0.2) is 4.98 Å². The van der Waals surface area contributed by atoms with Gasteiger partial charge in [-0.2, -0.15) is 10.5 Å². The van der Waals surface area contributed by atoms with Crippen LogP contribution >= 0.6 is 11.8 Å². The molecule has 0 radical (unpaired) electrons. The first-order chi connectivity index (χ1) is 18.5. The van der Waals surface area contributed by atoms with Crippen LogP contribution in [0.4, 0.5) is 5.82 Å². The molecule has 3 aromatic rings. The molecule has 3 N–H and O–H groups in total. The zero-order valence-corrected chi connectivity index (χ0v) is 21.8. The molecule has 0 saturated carbocycles. The summed E-state index contributed by atoms with van der Waals surface area (Å²) in [6, 6.07) is 19.2. The van der Waals surface area contributed by atoms with Crippen molar-refractivity contribution in [3.63, 3.8) is 0 Å². The number of nitriles is 2. The number of aliphatic hydroxyl groups is 1. The molecule has 1 amide bonds. The molecule has 2 aromatic carbocycles. The van der Waals surface area contributed by atoms with E-state index in [-0.39, 0.29) is 13.2 Å². The van der Waals surface area contributed by atoms with Gasteiger partial charge in [-0.1, -0.05) is 24.3 Å². The summed E-state index contributed by atoms with van der Waals surface area (Å²) in [6.07, 6.45) is 3.63. The van der Waals surface area contributed by atoms with E-state index in [0.717, 1.165) is 49.9 Å². The number of carbonyl (C=O) groups is 1. The summed E-state index contributed by atoms with van der Waals surface area (Å²) in [6.45, 7) is 1.75. The van der Waals surface area contributed by atoms with E-state index in [0.29, 0.717) is 44.6 Å². The molecule has 0 aliphatic carbocycles. The van der Waals surface area contributed by atoms with Crippen LogP contribution in [0.5, 0.6) is 5.75 Å². The van der Waals surface area contributed by atoms with Gasteiger partial charge in [0.05, 0.1) is 12.2 Å². The topological polar surface area (TPSA) is 136 Å². The third-order valence-electron chi connectivity index (χ3n) is 6.34. The molecule has 1 aliphatic rings. The van der Waals surface area contributed by atoms with E-state index < -0.39 is 5.91 Å². The van der Waals surface area contributed by atoms with Gasteiger partial charge in [-0.15, -0.1) is 11.8 Å². The molecule has 1 saturated heterocycles. The van der Waals surface area contributed by atoms with Crippen LogP contribution in [0.25, 0.3) is 11.1 Å². The summed E-state index contributed by atoms with van der Waals surface area (Å²) in [5.41, 5.74) is 9.02. The Hall–Kier alpha value is -4.05. The second-order valence-corrected chi connectivity index (χ2v) is 9.98. The summed E-state index contributed by atoms with van der Waals surface area (Å²) in [4.78, 5) is 18.5. The Morgan fingerprint density at radius 1 is 1.11 bits per heavy atom. The van der Waals surface area contributed by atoms with Gasteiger partial charge in [0, 0.05) is 24.2 Å². The van der Waals surface area contributed by atoms with Gasteiger partial charge in [-0.05, 0) is 66.8 Å². The summed E-state index contributed by atoms with van der Waals surface area (Å²) < 4.78 is 5.48. The van der Waals surface area contributed by atoms with Crippen molar-refractivity contribution < 1.29 is 14.6 Å². The van der Waals surface area contributed by atoms with Gasteiger partial charge in [0.15, 0.2) is 0 Å². The normalized spacial score (nSPS) is 12.7. The maximum atomic E-state index is 11.5. The number of hydrogen-bond acceptors (Lipinski definition) is 8. The van der Waals surface area contributed by atoms with Crippen LogP contribution in [-0.2, 0) is 6.42 Å². The smallest absolute Gasteiger partial charge is 0.248 e. The molecule has 194 valence electrons. The van der Waals surface area contributed by atoms with E-state index in [1.165, 1.54) is 11.8 Å². The third kappa shape index (κ3) is 6.25. The number of amides is 1. The number of anilines is 1. The maximum absolute atomic E-state index is 11.5. The Labute approximate surface area is 226 Å². The van der Waals surface area contributed by atoms with E-state index in [9.17, 15) is 15.3 Å². The number of hydrogen-bond donors (Lipinski definition) is 2. The van der Waals surface area contributed by atoms with E-state index in [4.69, 9.17) is 20.6 Å². The number of aliphatic hydroxyl groups excluding tert-OH is 1. The number of aromatic nitrogens is 1. The molecule has 2 heterocycles. The summed E-state index contributed by atoms with van der Waals surface area (Å²) in [5, 5.41) is 30.0. The first kappa shape index (κ1) is 27.0. The van der Waals surface area contributed by atoms with Gasteiger partial charge < -0.3 is 20.5 Å². The third-order valence-corrected chi connectivity index (χ3v) is 7.40. The highest BCUT2D eigenvalue weighted by Gasteiger charge is 2.26. The molecule has 1 fully saturated rings. The molecule has 1 aromatic heterocycles. The molecular formula is C29H29N5O3S. The lowest BCUT2D eigenvalue weighted by molar-refractivity contribution is 0.1000. The molecule has 9 heteroatoms. The number of benzene rings is 2. The van der Waals surface area contributed by atoms with Gasteiger partial charge in [0.2, 0.25) is 5.91 Å². The molecule has 0 unspecified atom stereocenters. The average Bonchev–Trinajstić information content (AvgIpc) is 3.49. The quantitative estimate of drug-likeness (QED) is 0.278. The number of rotatable bonds is 11. The van der Waals surface area contributed by atoms with Crippen molar-refractivity contribution in [1.82, 2.24) is 4.98 Å². The molecular weight excluding hydrogens is 498 g/mol. The molecule has 0 bridgehead atoms. The first-order valence-electron chi connectivity index (χ1n) is 12.5. The average molecular weight is 528 g/mol. The Balaban J connectivity index is 1.64. The molecule has 38 heavy (non-hydrogen) atoms. The summed E-state index contributed by atoms with van der Waals surface area (Å²) >= 11 is 1.50. The van der Waals surface area contributed by atoms with Gasteiger partial charge in [-0.3, -0.25) is 4.79 Å². The lowest BCUT2D eigenvalue weighted by atomic mass is 9.96. The van der Waals surface area contributed by atoms with Gasteiger partial charge in [0.25, 0.3) is 0 Å². The van der Waals surface area contributed by atoms with E-state index in [1.54, 1.807) is 18.2 Å². The number of thioether (sulfide) groups is 1. The van der Waals surface area contributed by atoms with Crippen LogP contribution in [0.15, 0.2) is 53.6 Å². The number of pyridine rings is 1. The number of primary amides is 1. The summed E-state index contributed by atoms with van der Waals surface area (Å²) in [7, 11) is 0. The minimum atomic E-state index is -0.448. The van der Waals surface area contributed by atoms with Crippen molar-refractivity contribution in [1.29, 1.82) is 10.5 Å². The highest BCUT2D eigenvalue weighted by molar-refractivity contribution is 7.99. The fraction of sp³-hybridized carbons (Fsp3) is 0.310. The van der Waals surface area contributed by atoms with Crippen LogP contribution in [0.2, 0.25) is 0 Å². The fourth-order valence-electron chi connectivity index (χ4n) is 4.52. The Morgan fingerprint density at radius 3 is 2.50 bits per heavy atom. The standard InChI is InChI=1S/C29H29N5O3S/c30-18-24-26(21-8-10-23(11-9-21)37-15-14-35)25(19-31)29(33-28(24)34-12-1-2-13-34)38-16-4-6-20-5-3-7-22(17-20)27(32)36/h3,5,7-11,17,35H,1-2,4,6,12-16H2,(H2,32,36). The zero-order chi connectivity index (χ0) is 26.9. The van der Waals surface area contributed by atoms with E-state index in [1.807, 2.05) is 30.3 Å². The first-order valence-corrected chi connectivity index (χ1v) is 13.5. The van der Waals surface area contributed by atoms with E-state index in [2.05, 4.69) is 17.0 Å². The van der Waals surface area contributed by atoms with E-state index >= 15 is 0 Å². The lowest BCUT2D eigenvalue weighted by Crippen LogP contribution is -2.21. The molecule has 0 spiro atoms. The Bertz CT molecular complexity index is 1370. The van der Waals surface area contributed by atoms with Crippen LogP contribution in [0, 0.1) is 22.7 Å². The second kappa shape index (κ2) is 13.0. The zero-order valence-electron chi connectivity index (χ0n) is 21.0. The van der Waals surface area contributed by atoms with Crippen LogP contribution < -0.4 is 15.4 Å². The number of carbonyl (C=O) groups excluding carboxylic acids is 1. The van der Waals surface area contributed by atoms with Crippen molar-refractivity contribution in [3.05, 3.63) is 70.8 Å². The Morgan fingerprint density at radius 2 is 1.84 bits per heavy atom. The number of nitrogens with two attached hydrogens (primary N) is 1. The fourth-order valence-corrected chi connectivity index (χ4v) is 5.44. The highest BCUT2D eigenvalue weighted by Crippen LogP contribution is 2.39. The number of ether oxygens (including phenoxy) is 1. The van der Waals surface area contributed by atoms with Crippen LogP contribution in [-0.4, -0.2) is 48.1 Å². The van der Waals surface area contributed by atoms with Crippen LogP contribution in [0.1, 0.15) is 46.3 Å². The van der Waals surface area contributed by atoms with Gasteiger partial charge >= 0.3 is 0 Å². The largest absolute Gasteiger partial charge is 0.491 e. The number of aryl methyl sites for hydroxylation is 1. The highest BCUT2D eigenvalue weighted by atomic mass is 32.2. The minimum Gasteiger partial charge on any atom is -0.491 e. The Kier molecular flexibility index (Phi) is 9.21. The minimum absolute atomic E-state index is 0.0837. The van der Waals surface area contributed by atoms with Crippen molar-refractivity contribution in [2.45, 2.75) is 30.7 Å². The van der Waals surface area contributed by atoms with Crippen LogP contribution in [0.3, 0.4) is 0 Å². The molecule has 0 atom stereocenters. The molecule has 1 aliphatic heterocycles. The predicted octanol–water partition coefficient (Wildman–Crippen LogP) is 4.29. The monoisotopic (exact) mass is 527 g/mol. The van der Waals surface area contributed by atoms with Crippen molar-refractivity contribution in [2.24, 2.45) is 5.73 Å². The lowest BCUT2D eigenvalue weighted by Gasteiger charge is -2.22. The van der Waals surface area contributed by atoms with Crippen molar-refractivity contribution >= 4 is 23.5 Å². The molecule has 8 nitrogen and oxygen atoms in total. The summed E-state index contributed by atoms with van der Waals surface area (Å²) in [5.74, 6) is 1.48. The SMILES string of the molecule is N#Cc1c(SCCCc2cccc(C(N)=O)c2)nc(N2CCCC2)c(C#N)c1-c1ccc(OCCO)cc1. The predicted molar refractivity (Wildman–Crippen MR) is 147 cm³/mol. The van der Waals surface area contributed by atoms with Crippen molar-refractivity contribution in [3.8, 4) is 29.0 Å².